The summed E-state index contributed by atoms with van der Waals surface area (Å²) in [6, 6.07) is 21.3. The second-order valence-corrected chi connectivity index (χ2v) is 6.76. The predicted octanol–water partition coefficient (Wildman–Crippen LogP) is 5.79. The SMILES string of the molecule is COc1cc(/C=N/OCc2ccc(C)cc2)ccc1OCc1ccc(Cl)cc1. The zero-order valence-corrected chi connectivity index (χ0v) is 16.6. The van der Waals surface area contributed by atoms with E-state index in [4.69, 9.17) is 25.9 Å². The van der Waals surface area contributed by atoms with Crippen LogP contribution in [0, 0.1) is 6.92 Å². The Balaban J connectivity index is 1.57. The lowest BCUT2D eigenvalue weighted by Gasteiger charge is -2.11. The third-order valence-corrected chi connectivity index (χ3v) is 4.38. The lowest BCUT2D eigenvalue weighted by molar-refractivity contribution is 0.132. The first kappa shape index (κ1) is 19.8. The standard InChI is InChI=1S/C23H22ClNO3/c1-17-3-5-19(6-4-17)16-28-25-14-20-9-12-22(23(13-20)26-2)27-15-18-7-10-21(24)11-8-18/h3-14H,15-16H2,1-2H3/b25-14+. The third-order valence-electron chi connectivity index (χ3n) is 4.12. The molecule has 0 radical (unpaired) electrons. The molecule has 0 aromatic heterocycles. The van der Waals surface area contributed by atoms with E-state index in [-0.39, 0.29) is 0 Å². The van der Waals surface area contributed by atoms with Gasteiger partial charge < -0.3 is 14.3 Å². The molecular weight excluding hydrogens is 374 g/mol. The molecule has 3 aromatic rings. The first-order chi connectivity index (χ1) is 13.6. The number of oxime groups is 1. The van der Waals surface area contributed by atoms with Crippen molar-refractivity contribution in [2.45, 2.75) is 20.1 Å². The Labute approximate surface area is 170 Å². The first-order valence-corrected chi connectivity index (χ1v) is 9.28. The fourth-order valence-electron chi connectivity index (χ4n) is 2.52. The van der Waals surface area contributed by atoms with Crippen molar-refractivity contribution in [2.75, 3.05) is 7.11 Å². The largest absolute Gasteiger partial charge is 0.493 e. The molecule has 0 heterocycles. The Morgan fingerprint density at radius 3 is 2.25 bits per heavy atom. The molecule has 0 saturated heterocycles. The van der Waals surface area contributed by atoms with E-state index in [0.29, 0.717) is 29.7 Å². The third kappa shape index (κ3) is 5.76. The molecule has 0 saturated carbocycles. The highest BCUT2D eigenvalue weighted by Gasteiger charge is 2.06. The molecule has 144 valence electrons. The highest BCUT2D eigenvalue weighted by atomic mass is 35.5. The number of ether oxygens (including phenoxy) is 2. The summed E-state index contributed by atoms with van der Waals surface area (Å²) in [5.74, 6) is 1.30. The molecule has 0 unspecified atom stereocenters. The average molecular weight is 396 g/mol. The lowest BCUT2D eigenvalue weighted by atomic mass is 10.2. The Kier molecular flexibility index (Phi) is 6.93. The smallest absolute Gasteiger partial charge is 0.161 e. The van der Waals surface area contributed by atoms with Crippen LogP contribution in [0.5, 0.6) is 11.5 Å². The summed E-state index contributed by atoms with van der Waals surface area (Å²) in [4.78, 5) is 5.37. The quantitative estimate of drug-likeness (QED) is 0.358. The molecule has 0 aliphatic heterocycles. The molecule has 3 rings (SSSR count). The molecule has 5 heteroatoms. The number of halogens is 1. The molecular formula is C23H22ClNO3. The number of rotatable bonds is 8. The number of methoxy groups -OCH3 is 1. The van der Waals surface area contributed by atoms with Crippen molar-refractivity contribution in [1.82, 2.24) is 0 Å². The lowest BCUT2D eigenvalue weighted by Crippen LogP contribution is -1.98. The van der Waals surface area contributed by atoms with Gasteiger partial charge in [-0.05, 0) is 48.4 Å². The molecule has 0 amide bonds. The van der Waals surface area contributed by atoms with Gasteiger partial charge in [0.25, 0.3) is 0 Å². The van der Waals surface area contributed by atoms with Crippen LogP contribution in [0.1, 0.15) is 22.3 Å². The zero-order chi connectivity index (χ0) is 19.8. The molecule has 0 spiro atoms. The summed E-state index contributed by atoms with van der Waals surface area (Å²) < 4.78 is 11.3. The number of aryl methyl sites for hydroxylation is 1. The average Bonchev–Trinajstić information content (AvgIpc) is 2.72. The molecule has 0 atom stereocenters. The maximum atomic E-state index is 5.90. The molecule has 0 aliphatic rings. The van der Waals surface area contributed by atoms with Crippen molar-refractivity contribution >= 4 is 17.8 Å². The van der Waals surface area contributed by atoms with Crippen molar-refractivity contribution in [3.05, 3.63) is 94.0 Å². The molecule has 28 heavy (non-hydrogen) atoms. The van der Waals surface area contributed by atoms with Gasteiger partial charge >= 0.3 is 0 Å². The van der Waals surface area contributed by atoms with Crippen molar-refractivity contribution < 1.29 is 14.3 Å². The maximum Gasteiger partial charge on any atom is 0.161 e. The van der Waals surface area contributed by atoms with E-state index >= 15 is 0 Å². The fourth-order valence-corrected chi connectivity index (χ4v) is 2.65. The summed E-state index contributed by atoms with van der Waals surface area (Å²) in [5, 5.41) is 4.74. The van der Waals surface area contributed by atoms with Crippen LogP contribution in [0.2, 0.25) is 5.02 Å². The van der Waals surface area contributed by atoms with Gasteiger partial charge in [0.15, 0.2) is 11.5 Å². The molecule has 3 aromatic carbocycles. The van der Waals surface area contributed by atoms with Gasteiger partial charge in [-0.3, -0.25) is 0 Å². The van der Waals surface area contributed by atoms with Gasteiger partial charge in [0.1, 0.15) is 13.2 Å². The number of hydrogen-bond donors (Lipinski definition) is 0. The van der Waals surface area contributed by atoms with Crippen LogP contribution in [0.15, 0.2) is 71.9 Å². The van der Waals surface area contributed by atoms with Gasteiger partial charge in [0.2, 0.25) is 0 Å². The molecule has 0 bridgehead atoms. The van der Waals surface area contributed by atoms with Gasteiger partial charge in [0, 0.05) is 10.6 Å². The van der Waals surface area contributed by atoms with Crippen molar-refractivity contribution in [1.29, 1.82) is 0 Å². The molecule has 0 aliphatic carbocycles. The Morgan fingerprint density at radius 2 is 1.54 bits per heavy atom. The van der Waals surface area contributed by atoms with Gasteiger partial charge in [0.05, 0.1) is 13.3 Å². The normalized spacial score (nSPS) is 10.8. The maximum absolute atomic E-state index is 5.90. The van der Waals surface area contributed by atoms with E-state index in [1.807, 2.05) is 54.6 Å². The minimum atomic E-state index is 0.427. The van der Waals surface area contributed by atoms with Crippen LogP contribution in [0.4, 0.5) is 0 Å². The first-order valence-electron chi connectivity index (χ1n) is 8.90. The number of benzene rings is 3. The minimum Gasteiger partial charge on any atom is -0.493 e. The Hall–Kier alpha value is -2.98. The highest BCUT2D eigenvalue weighted by Crippen LogP contribution is 2.28. The topological polar surface area (TPSA) is 40.0 Å². The van der Waals surface area contributed by atoms with Crippen molar-refractivity contribution in [3.63, 3.8) is 0 Å². The van der Waals surface area contributed by atoms with E-state index in [0.717, 1.165) is 16.7 Å². The van der Waals surface area contributed by atoms with E-state index < -0.39 is 0 Å². The van der Waals surface area contributed by atoms with Crippen LogP contribution in [-0.4, -0.2) is 13.3 Å². The summed E-state index contributed by atoms with van der Waals surface area (Å²) in [7, 11) is 1.61. The van der Waals surface area contributed by atoms with Gasteiger partial charge in [-0.25, -0.2) is 0 Å². The van der Waals surface area contributed by atoms with E-state index in [9.17, 15) is 0 Å². The zero-order valence-electron chi connectivity index (χ0n) is 15.9. The summed E-state index contributed by atoms with van der Waals surface area (Å²) in [6.07, 6.45) is 1.65. The predicted molar refractivity (Wildman–Crippen MR) is 112 cm³/mol. The van der Waals surface area contributed by atoms with Gasteiger partial charge in [-0.15, -0.1) is 0 Å². The van der Waals surface area contributed by atoms with Crippen LogP contribution in [0.3, 0.4) is 0 Å². The van der Waals surface area contributed by atoms with E-state index in [1.54, 1.807) is 13.3 Å². The van der Waals surface area contributed by atoms with E-state index in [2.05, 4.69) is 24.2 Å². The monoisotopic (exact) mass is 395 g/mol. The fraction of sp³-hybridized carbons (Fsp3) is 0.174. The van der Waals surface area contributed by atoms with Gasteiger partial charge in [-0.1, -0.05) is 58.7 Å². The number of hydrogen-bond acceptors (Lipinski definition) is 4. The molecule has 0 fully saturated rings. The second-order valence-electron chi connectivity index (χ2n) is 6.32. The summed E-state index contributed by atoms with van der Waals surface area (Å²) in [6.45, 7) is 2.91. The van der Waals surface area contributed by atoms with E-state index in [1.165, 1.54) is 5.56 Å². The Bertz CT molecular complexity index is 922. The van der Waals surface area contributed by atoms with Crippen LogP contribution in [-0.2, 0) is 18.1 Å². The molecule has 4 nitrogen and oxygen atoms in total. The van der Waals surface area contributed by atoms with Gasteiger partial charge in [-0.2, -0.15) is 0 Å². The molecule has 0 N–H and O–H groups in total. The number of nitrogens with zero attached hydrogens (tertiary/aromatic N) is 1. The van der Waals surface area contributed by atoms with Crippen LogP contribution >= 0.6 is 11.6 Å². The van der Waals surface area contributed by atoms with Crippen LogP contribution < -0.4 is 9.47 Å². The van der Waals surface area contributed by atoms with Crippen molar-refractivity contribution in [2.24, 2.45) is 5.16 Å². The highest BCUT2D eigenvalue weighted by molar-refractivity contribution is 6.30. The summed E-state index contributed by atoms with van der Waals surface area (Å²) >= 11 is 5.90. The minimum absolute atomic E-state index is 0.427. The van der Waals surface area contributed by atoms with Crippen molar-refractivity contribution in [3.8, 4) is 11.5 Å². The summed E-state index contributed by atoms with van der Waals surface area (Å²) in [5.41, 5.74) is 4.19. The van der Waals surface area contributed by atoms with Crippen LogP contribution in [0.25, 0.3) is 0 Å². The Morgan fingerprint density at radius 1 is 0.857 bits per heavy atom. The second kappa shape index (κ2) is 9.81.